The van der Waals surface area contributed by atoms with Crippen LogP contribution in [0.15, 0.2) is 113 Å². The maximum atomic E-state index is 13.5. The number of phenolic OH excluding ortho intramolecular Hbond substituents is 1. The van der Waals surface area contributed by atoms with Crippen molar-refractivity contribution in [3.8, 4) is 27.8 Å². The Morgan fingerprint density at radius 3 is 2.38 bits per heavy atom. The minimum Gasteiger partial charge on any atom is -0.508 e. The molecule has 2 unspecified atom stereocenters. The molecule has 2 saturated heterocycles. The van der Waals surface area contributed by atoms with E-state index in [1.165, 1.54) is 22.3 Å². The summed E-state index contributed by atoms with van der Waals surface area (Å²) in [4.78, 5) is 25.6. The van der Waals surface area contributed by atoms with E-state index >= 15 is 0 Å². The molecule has 2 aliphatic heterocycles. The number of aliphatic hydroxyl groups excluding tert-OH is 2. The molecular weight excluding hydrogens is 889 g/mol. The standard InChI is InChI=1S/C55H66N6O7S/c1-36(2)51(55(65)61-34-44(63)31-48(61)54(64)56-33-38-10-12-41(13-11-38)53-37(3)57-35-69-53)49-32-50(58-68-49)67-28-7-22-59-23-25-60(26-24-59)27-29-66-45-18-14-40(15-19-45)52-46(39-8-5-4-6-9-39)20-16-42-30-43(62)17-21-47(42)52/h4-6,8-15,17-19,21,30,32,35-36,44,46,48,51-52,55,62-63,65H,7,16,20,22-29,31,33-34H2,1-3H3,(H,56,64)/t44-,46-,48+,51?,52+,55?/m1/s1. The van der Waals surface area contributed by atoms with Gasteiger partial charge >= 0.3 is 0 Å². The monoisotopic (exact) mass is 954 g/mol. The lowest BCUT2D eigenvalue weighted by molar-refractivity contribution is -0.131. The molecule has 3 aliphatic rings. The smallest absolute Gasteiger partial charge is 0.254 e. The highest BCUT2D eigenvalue weighted by Gasteiger charge is 2.44. The number of carbonyl (C=O) groups is 1. The molecule has 4 aromatic carbocycles. The van der Waals surface area contributed by atoms with E-state index < -0.39 is 24.3 Å². The number of phenols is 1. The molecule has 4 N–H and O–H groups in total. The third-order valence-electron chi connectivity index (χ3n) is 14.3. The number of aromatic nitrogens is 2. The summed E-state index contributed by atoms with van der Waals surface area (Å²) in [7, 11) is 0. The van der Waals surface area contributed by atoms with Gasteiger partial charge in [-0.3, -0.25) is 14.6 Å². The van der Waals surface area contributed by atoms with Crippen molar-refractivity contribution in [1.82, 2.24) is 30.2 Å². The van der Waals surface area contributed by atoms with Crippen LogP contribution in [0.4, 0.5) is 0 Å². The Morgan fingerprint density at radius 2 is 1.65 bits per heavy atom. The van der Waals surface area contributed by atoms with E-state index in [1.54, 1.807) is 22.3 Å². The van der Waals surface area contributed by atoms with Gasteiger partial charge in [0.25, 0.3) is 5.88 Å². The van der Waals surface area contributed by atoms with Crippen molar-refractivity contribution in [2.75, 3.05) is 59.0 Å². The molecule has 2 fully saturated rings. The first-order valence-corrected chi connectivity index (χ1v) is 25.5. The SMILES string of the molecule is Cc1ncsc1-c1ccc(CNC(=O)[C@@H]2C[C@@H](O)CN2C(O)C(c2cc(OCCCN3CCN(CCOc4ccc([C@@H]5c6ccc(O)cc6CC[C@@H]5c5ccccc5)cc4)CC3)no2)C(C)C)cc1. The molecule has 13 nitrogen and oxygen atoms in total. The van der Waals surface area contributed by atoms with Crippen LogP contribution in [-0.4, -0.2) is 123 Å². The van der Waals surface area contributed by atoms with Crippen molar-refractivity contribution in [3.05, 3.63) is 148 Å². The number of aromatic hydroxyl groups is 1. The lowest BCUT2D eigenvalue weighted by Gasteiger charge is -2.35. The number of aryl methyl sites for hydroxylation is 2. The average Bonchev–Trinajstić information content (AvgIpc) is 4.12. The Labute approximate surface area is 409 Å². The van der Waals surface area contributed by atoms with Crippen LogP contribution < -0.4 is 14.8 Å². The normalized spacial score (nSPS) is 21.0. The van der Waals surface area contributed by atoms with E-state index in [2.05, 4.69) is 85.9 Å². The van der Waals surface area contributed by atoms with Crippen LogP contribution in [0.2, 0.25) is 0 Å². The van der Waals surface area contributed by atoms with Gasteiger partial charge in [-0.05, 0) is 107 Å². The Kier molecular flexibility index (Phi) is 15.7. The van der Waals surface area contributed by atoms with Gasteiger partial charge in [0.1, 0.15) is 30.1 Å². The summed E-state index contributed by atoms with van der Waals surface area (Å²) in [5, 5.41) is 39.9. The fourth-order valence-electron chi connectivity index (χ4n) is 10.6. The van der Waals surface area contributed by atoms with Crippen LogP contribution in [0.1, 0.15) is 90.1 Å². The first kappa shape index (κ1) is 48.4. The summed E-state index contributed by atoms with van der Waals surface area (Å²) in [6.45, 7) is 13.3. The third kappa shape index (κ3) is 11.7. The molecule has 0 saturated carbocycles. The highest BCUT2D eigenvalue weighted by Crippen LogP contribution is 2.47. The van der Waals surface area contributed by atoms with Gasteiger partial charge in [0, 0.05) is 64.3 Å². The van der Waals surface area contributed by atoms with Gasteiger partial charge < -0.3 is 39.5 Å². The van der Waals surface area contributed by atoms with Crippen molar-refractivity contribution >= 4 is 17.2 Å². The highest BCUT2D eigenvalue weighted by molar-refractivity contribution is 7.13. The molecule has 1 amide bonds. The van der Waals surface area contributed by atoms with Crippen LogP contribution >= 0.6 is 11.3 Å². The summed E-state index contributed by atoms with van der Waals surface area (Å²) in [6, 6.07) is 34.4. The maximum Gasteiger partial charge on any atom is 0.254 e. The molecule has 364 valence electrons. The number of hydrogen-bond donors (Lipinski definition) is 4. The number of benzene rings is 4. The van der Waals surface area contributed by atoms with Crippen LogP contribution in [0.3, 0.4) is 0 Å². The number of rotatable bonds is 19. The summed E-state index contributed by atoms with van der Waals surface area (Å²) >= 11 is 1.60. The predicted octanol–water partition coefficient (Wildman–Crippen LogP) is 7.95. The molecule has 0 spiro atoms. The fraction of sp³-hybridized carbons (Fsp3) is 0.436. The van der Waals surface area contributed by atoms with Gasteiger partial charge in [0.15, 0.2) is 0 Å². The Balaban J connectivity index is 0.693. The van der Waals surface area contributed by atoms with Gasteiger partial charge in [-0.25, -0.2) is 4.98 Å². The number of nitrogens with one attached hydrogen (secondary N) is 1. The number of fused-ring (bicyclic) bond motifs is 1. The molecule has 2 aromatic heterocycles. The van der Waals surface area contributed by atoms with Gasteiger partial charge in [0.05, 0.1) is 40.8 Å². The summed E-state index contributed by atoms with van der Waals surface area (Å²) in [6.07, 6.45) is 1.21. The number of aliphatic hydroxyl groups is 2. The lowest BCUT2D eigenvalue weighted by atomic mass is 9.69. The zero-order valence-electron chi connectivity index (χ0n) is 40.0. The average molecular weight is 955 g/mol. The number of carbonyl (C=O) groups excluding carboxylic acids is 1. The van der Waals surface area contributed by atoms with Crippen molar-refractivity contribution < 1.29 is 34.1 Å². The number of ether oxygens (including phenoxy) is 2. The molecule has 0 bridgehead atoms. The van der Waals surface area contributed by atoms with Crippen molar-refractivity contribution in [1.29, 1.82) is 0 Å². The number of thiazole rings is 1. The van der Waals surface area contributed by atoms with Gasteiger partial charge in [-0.1, -0.05) is 86.6 Å². The second kappa shape index (κ2) is 22.4. The van der Waals surface area contributed by atoms with Crippen LogP contribution in [0, 0.1) is 12.8 Å². The van der Waals surface area contributed by atoms with E-state index in [4.69, 9.17) is 14.0 Å². The molecule has 14 heteroatoms. The quantitative estimate of drug-likeness (QED) is 0.0583. The maximum absolute atomic E-state index is 13.5. The first-order chi connectivity index (χ1) is 33.6. The third-order valence-corrected chi connectivity index (χ3v) is 15.3. The van der Waals surface area contributed by atoms with E-state index in [9.17, 15) is 20.1 Å². The minimum atomic E-state index is -1.09. The minimum absolute atomic E-state index is 0.0584. The molecular formula is C55H66N6O7S. The van der Waals surface area contributed by atoms with Crippen LogP contribution in [-0.2, 0) is 17.8 Å². The molecule has 1 aliphatic carbocycles. The van der Waals surface area contributed by atoms with E-state index in [0.29, 0.717) is 43.1 Å². The summed E-state index contributed by atoms with van der Waals surface area (Å²) in [5.41, 5.74) is 10.0. The molecule has 6 aromatic rings. The van der Waals surface area contributed by atoms with Crippen LogP contribution in [0.25, 0.3) is 10.4 Å². The van der Waals surface area contributed by atoms with Crippen molar-refractivity contribution in [3.63, 3.8) is 0 Å². The van der Waals surface area contributed by atoms with Gasteiger partial charge in [-0.15, -0.1) is 11.3 Å². The number of amides is 1. The fourth-order valence-corrected chi connectivity index (χ4v) is 11.4. The van der Waals surface area contributed by atoms with Crippen molar-refractivity contribution in [2.24, 2.45) is 5.92 Å². The largest absolute Gasteiger partial charge is 0.508 e. The molecule has 4 heterocycles. The van der Waals surface area contributed by atoms with E-state index in [0.717, 1.165) is 86.0 Å². The Hall–Kier alpha value is -5.61. The molecule has 9 rings (SSSR count). The molecule has 6 atom stereocenters. The number of hydrogen-bond acceptors (Lipinski definition) is 13. The molecule has 0 radical (unpaired) electrons. The Morgan fingerprint density at radius 1 is 0.899 bits per heavy atom. The number of likely N-dealkylation sites (tertiary alicyclic amines) is 1. The van der Waals surface area contributed by atoms with Gasteiger partial charge in [-0.2, -0.15) is 0 Å². The zero-order chi connectivity index (χ0) is 47.9. The molecule has 69 heavy (non-hydrogen) atoms. The van der Waals surface area contributed by atoms with E-state index in [1.807, 2.05) is 62.7 Å². The van der Waals surface area contributed by atoms with Crippen LogP contribution in [0.5, 0.6) is 17.4 Å². The summed E-state index contributed by atoms with van der Waals surface area (Å²) < 4.78 is 18.1. The van der Waals surface area contributed by atoms with Gasteiger partial charge in [0.2, 0.25) is 5.91 Å². The predicted molar refractivity (Wildman–Crippen MR) is 268 cm³/mol. The number of nitrogens with zero attached hydrogens (tertiary/aromatic N) is 5. The van der Waals surface area contributed by atoms with E-state index in [-0.39, 0.29) is 30.7 Å². The number of β-amino-alcohol motifs (C(OH)–C–C–N with tert-alkyl or cyclic N) is 1. The second-order valence-electron chi connectivity index (χ2n) is 19.3. The lowest BCUT2D eigenvalue weighted by Crippen LogP contribution is -2.50. The topological polar surface area (TPSA) is 157 Å². The zero-order valence-corrected chi connectivity index (χ0v) is 40.8. The Bertz CT molecular complexity index is 2580. The number of piperazine rings is 1. The first-order valence-electron chi connectivity index (χ1n) is 24.6. The highest BCUT2D eigenvalue weighted by atomic mass is 32.1. The second-order valence-corrected chi connectivity index (χ2v) is 20.1. The van der Waals surface area contributed by atoms with Crippen molar-refractivity contribution in [2.45, 2.75) is 89.1 Å². The summed E-state index contributed by atoms with van der Waals surface area (Å²) in [5.74, 6) is 1.82.